The summed E-state index contributed by atoms with van der Waals surface area (Å²) in [5, 5.41) is 9.72. The molecule has 0 radical (unpaired) electrons. The molecular weight excluding hydrogens is 408 g/mol. The molecule has 2 amide bonds. The minimum atomic E-state index is -1.14. The molecule has 0 bridgehead atoms. The molecule has 4 unspecified atom stereocenters. The largest absolute Gasteiger partial charge is 0.481 e. The van der Waals surface area contributed by atoms with E-state index >= 15 is 0 Å². The van der Waals surface area contributed by atoms with Gasteiger partial charge in [-0.05, 0) is 0 Å². The van der Waals surface area contributed by atoms with Gasteiger partial charge in [-0.25, -0.2) is 9.79 Å². The van der Waals surface area contributed by atoms with Gasteiger partial charge in [-0.3, -0.25) is 29.4 Å². The van der Waals surface area contributed by atoms with Crippen molar-refractivity contribution in [3.63, 3.8) is 0 Å². The molecule has 4 atom stereocenters. The van der Waals surface area contributed by atoms with E-state index in [1.165, 1.54) is 13.8 Å². The fourth-order valence-electron chi connectivity index (χ4n) is 2.58. The Balaban J connectivity index is 0.00000103. The Morgan fingerprint density at radius 3 is 2.13 bits per heavy atom. The average Bonchev–Trinajstić information content (AvgIpc) is 2.89. The summed E-state index contributed by atoms with van der Waals surface area (Å²) in [4.78, 5) is 60.2. The van der Waals surface area contributed by atoms with Gasteiger partial charge in [0.15, 0.2) is 24.4 Å². The molecule has 0 aromatic heterocycles. The van der Waals surface area contributed by atoms with E-state index in [1.54, 1.807) is 0 Å². The molecule has 0 aromatic carbocycles. The second-order valence-electron chi connectivity index (χ2n) is 6.12. The first-order valence-corrected chi connectivity index (χ1v) is 8.62. The number of ether oxygens (including phenoxy) is 4. The van der Waals surface area contributed by atoms with Crippen molar-refractivity contribution >= 4 is 35.9 Å². The van der Waals surface area contributed by atoms with Gasteiger partial charge in [0.05, 0.1) is 0 Å². The lowest BCUT2D eigenvalue weighted by atomic mass is 10.1. The van der Waals surface area contributed by atoms with Crippen molar-refractivity contribution in [2.75, 3.05) is 13.3 Å². The molecule has 2 heterocycles. The van der Waals surface area contributed by atoms with Gasteiger partial charge < -0.3 is 29.8 Å². The number of urea groups is 1. The zero-order valence-electron chi connectivity index (χ0n) is 16.8. The maximum absolute atomic E-state index is 12.2. The summed E-state index contributed by atoms with van der Waals surface area (Å²) in [5.74, 6) is -2.80. The number of nitrogens with two attached hydrogens (primary N) is 1. The van der Waals surface area contributed by atoms with Gasteiger partial charge in [0.25, 0.3) is 5.97 Å². The van der Waals surface area contributed by atoms with Crippen LogP contribution < -0.4 is 11.1 Å². The topological polar surface area (TPSA) is 196 Å². The van der Waals surface area contributed by atoms with Crippen molar-refractivity contribution in [2.24, 2.45) is 10.7 Å². The van der Waals surface area contributed by atoms with Crippen LogP contribution in [0.5, 0.6) is 0 Å². The number of guanidine groups is 1. The average molecular weight is 432 g/mol. The van der Waals surface area contributed by atoms with E-state index in [-0.39, 0.29) is 19.2 Å². The van der Waals surface area contributed by atoms with E-state index in [1.807, 2.05) is 0 Å². The Morgan fingerprint density at radius 1 is 1.13 bits per heavy atom. The summed E-state index contributed by atoms with van der Waals surface area (Å²) in [6.07, 6.45) is -4.30. The number of amides is 2. The number of aliphatic carboxylic acids is 1. The number of carboxylic acid groups (broad SMARTS) is 1. The fourth-order valence-corrected chi connectivity index (χ4v) is 2.58. The number of aliphatic imine (C=N–C) groups is 1. The first-order valence-electron chi connectivity index (χ1n) is 8.62. The second kappa shape index (κ2) is 10.9. The van der Waals surface area contributed by atoms with Crippen LogP contribution in [0.15, 0.2) is 4.99 Å². The number of carbonyl (C=O) groups excluding carboxylic acids is 4. The van der Waals surface area contributed by atoms with Gasteiger partial charge in [-0.15, -0.1) is 0 Å². The molecule has 30 heavy (non-hydrogen) atoms. The molecule has 168 valence electrons. The van der Waals surface area contributed by atoms with E-state index in [9.17, 15) is 19.2 Å². The van der Waals surface area contributed by atoms with Crippen LogP contribution in [0.25, 0.3) is 0 Å². The molecule has 0 spiro atoms. The number of esters is 3. The Bertz CT molecular complexity index is 721. The predicted octanol–water partition coefficient (Wildman–Crippen LogP) is -1.47. The quantitative estimate of drug-likeness (QED) is 0.338. The van der Waals surface area contributed by atoms with Gasteiger partial charge in [-0.1, -0.05) is 0 Å². The lowest BCUT2D eigenvalue weighted by Crippen LogP contribution is -2.57. The van der Waals surface area contributed by atoms with Crippen molar-refractivity contribution < 1.29 is 48.0 Å². The van der Waals surface area contributed by atoms with Crippen LogP contribution in [0.4, 0.5) is 4.79 Å². The highest BCUT2D eigenvalue weighted by Crippen LogP contribution is 2.30. The minimum Gasteiger partial charge on any atom is -0.481 e. The third-order valence-electron chi connectivity index (χ3n) is 3.54. The Kier molecular flexibility index (Phi) is 8.98. The SMILES string of the molecule is CC(=O)O.CC(=O)OCC1OC(N2CN=C(N)NC2=O)C(OC(C)=O)C1OC(C)=O. The summed E-state index contributed by atoms with van der Waals surface area (Å²) in [6, 6.07) is -0.630. The molecule has 0 aromatic rings. The van der Waals surface area contributed by atoms with Crippen LogP contribution in [0.2, 0.25) is 0 Å². The predicted molar refractivity (Wildman–Crippen MR) is 96.6 cm³/mol. The standard InChI is InChI=1S/C14H20N4O8.C2H4O2/c1-6(19)23-4-9-10(24-7(2)20)11(25-8(3)21)12(26-9)18-5-16-13(15)17-14(18)22;1-2(3)4/h9-12H,4-5H2,1-3H3,(H3,15,16,17,22);1H3,(H,3,4). The smallest absolute Gasteiger partial charge is 0.327 e. The van der Waals surface area contributed by atoms with Gasteiger partial charge in [0.1, 0.15) is 19.4 Å². The molecule has 0 aliphatic carbocycles. The van der Waals surface area contributed by atoms with Crippen LogP contribution in [-0.4, -0.2) is 83.7 Å². The molecule has 14 heteroatoms. The summed E-state index contributed by atoms with van der Waals surface area (Å²) in [5.41, 5.74) is 5.44. The van der Waals surface area contributed by atoms with Gasteiger partial charge in [0, 0.05) is 27.7 Å². The first-order chi connectivity index (χ1) is 13.9. The van der Waals surface area contributed by atoms with Gasteiger partial charge >= 0.3 is 23.9 Å². The third-order valence-corrected chi connectivity index (χ3v) is 3.54. The number of rotatable bonds is 5. The number of carboxylic acids is 1. The second-order valence-corrected chi connectivity index (χ2v) is 6.12. The van der Waals surface area contributed by atoms with Gasteiger partial charge in [-0.2, -0.15) is 0 Å². The van der Waals surface area contributed by atoms with Crippen LogP contribution >= 0.6 is 0 Å². The van der Waals surface area contributed by atoms with Crippen LogP contribution in [-0.2, 0) is 38.1 Å². The normalized spacial score (nSPS) is 25.1. The van der Waals surface area contributed by atoms with Crippen LogP contribution in [0.3, 0.4) is 0 Å². The van der Waals surface area contributed by atoms with Crippen molar-refractivity contribution in [1.82, 2.24) is 10.2 Å². The number of hydrogen-bond donors (Lipinski definition) is 3. The first kappa shape index (κ1) is 24.6. The highest BCUT2D eigenvalue weighted by molar-refractivity contribution is 5.97. The molecule has 2 aliphatic heterocycles. The van der Waals surface area contributed by atoms with E-state index in [0.29, 0.717) is 0 Å². The molecule has 2 aliphatic rings. The fraction of sp³-hybridized carbons (Fsp3) is 0.625. The maximum Gasteiger partial charge on any atom is 0.327 e. The Hall–Kier alpha value is -3.42. The zero-order chi connectivity index (χ0) is 23.0. The Labute approximate surface area is 171 Å². The molecule has 14 nitrogen and oxygen atoms in total. The summed E-state index contributed by atoms with van der Waals surface area (Å²) in [6.45, 7) is 4.19. The molecular formula is C16H24N4O10. The van der Waals surface area contributed by atoms with Crippen molar-refractivity contribution in [3.8, 4) is 0 Å². The maximum atomic E-state index is 12.2. The van der Waals surface area contributed by atoms with Crippen molar-refractivity contribution in [1.29, 1.82) is 0 Å². The van der Waals surface area contributed by atoms with Crippen LogP contribution in [0.1, 0.15) is 27.7 Å². The summed E-state index contributed by atoms with van der Waals surface area (Å²) < 4.78 is 21.0. The van der Waals surface area contributed by atoms with E-state index in [0.717, 1.165) is 18.7 Å². The monoisotopic (exact) mass is 432 g/mol. The Morgan fingerprint density at radius 2 is 1.67 bits per heavy atom. The highest BCUT2D eigenvalue weighted by atomic mass is 16.7. The lowest BCUT2D eigenvalue weighted by Gasteiger charge is -2.32. The minimum absolute atomic E-state index is 0.0683. The lowest BCUT2D eigenvalue weighted by molar-refractivity contribution is -0.167. The molecule has 1 fully saturated rings. The number of nitrogens with one attached hydrogen (secondary N) is 1. The molecule has 2 rings (SSSR count). The zero-order valence-corrected chi connectivity index (χ0v) is 16.8. The summed E-state index contributed by atoms with van der Waals surface area (Å²) in [7, 11) is 0. The molecule has 4 N–H and O–H groups in total. The molecule has 1 saturated heterocycles. The molecule has 0 saturated carbocycles. The third kappa shape index (κ3) is 7.54. The number of nitrogens with zero attached hydrogens (tertiary/aromatic N) is 2. The highest BCUT2D eigenvalue weighted by Gasteiger charge is 2.53. The van der Waals surface area contributed by atoms with Crippen LogP contribution in [0, 0.1) is 0 Å². The van der Waals surface area contributed by atoms with Crippen molar-refractivity contribution in [3.05, 3.63) is 0 Å². The summed E-state index contributed by atoms with van der Waals surface area (Å²) >= 11 is 0. The van der Waals surface area contributed by atoms with Crippen molar-refractivity contribution in [2.45, 2.75) is 52.2 Å². The number of carbonyl (C=O) groups is 5. The van der Waals surface area contributed by atoms with E-state index in [4.69, 9.17) is 34.6 Å². The van der Waals surface area contributed by atoms with E-state index < -0.39 is 54.4 Å². The van der Waals surface area contributed by atoms with E-state index in [2.05, 4.69) is 10.3 Å². The van der Waals surface area contributed by atoms with Gasteiger partial charge in [0.2, 0.25) is 0 Å². The number of hydrogen-bond acceptors (Lipinski definition) is 11.